The van der Waals surface area contributed by atoms with Crippen molar-refractivity contribution < 1.29 is 27.5 Å². The van der Waals surface area contributed by atoms with Gasteiger partial charge in [0.25, 0.3) is 5.91 Å². The molecule has 0 heterocycles. The van der Waals surface area contributed by atoms with Crippen molar-refractivity contribution in [1.82, 2.24) is 10.0 Å². The second-order valence-corrected chi connectivity index (χ2v) is 9.88. The van der Waals surface area contributed by atoms with Gasteiger partial charge >= 0.3 is 12.0 Å². The number of imide groups is 1. The zero-order chi connectivity index (χ0) is 24.8. The predicted octanol–water partition coefficient (Wildman–Crippen LogP) is 3.15. The van der Waals surface area contributed by atoms with Crippen molar-refractivity contribution in [3.63, 3.8) is 0 Å². The van der Waals surface area contributed by atoms with Crippen LogP contribution in [0.5, 0.6) is 0 Å². The summed E-state index contributed by atoms with van der Waals surface area (Å²) in [5, 5.41) is 4.96. The summed E-state index contributed by atoms with van der Waals surface area (Å²) in [7, 11) is -4.04. The van der Waals surface area contributed by atoms with Crippen molar-refractivity contribution in [2.75, 3.05) is 11.9 Å². The number of aryl methyl sites for hydroxylation is 2. The smallest absolute Gasteiger partial charge is 0.325 e. The number of hydrogen-bond acceptors (Lipinski definition) is 6. The number of benzene rings is 2. The summed E-state index contributed by atoms with van der Waals surface area (Å²) < 4.78 is 32.4. The van der Waals surface area contributed by atoms with E-state index in [2.05, 4.69) is 15.4 Å². The Hall–Kier alpha value is -2.95. The Labute approximate surface area is 197 Å². The van der Waals surface area contributed by atoms with Crippen LogP contribution in [0.25, 0.3) is 0 Å². The van der Waals surface area contributed by atoms with Crippen LogP contribution >= 0.6 is 11.6 Å². The first kappa shape index (κ1) is 26.3. The molecule has 3 N–H and O–H groups in total. The van der Waals surface area contributed by atoms with E-state index in [1.807, 2.05) is 26.0 Å². The van der Waals surface area contributed by atoms with E-state index in [0.29, 0.717) is 10.7 Å². The number of hydrogen-bond donors (Lipinski definition) is 3. The molecule has 0 radical (unpaired) electrons. The minimum atomic E-state index is -4.04. The average Bonchev–Trinajstić information content (AvgIpc) is 2.72. The number of carbonyl (C=O) groups excluding carboxylic acids is 3. The highest BCUT2D eigenvalue weighted by atomic mass is 35.5. The van der Waals surface area contributed by atoms with Gasteiger partial charge in [-0.05, 0) is 55.7 Å². The van der Waals surface area contributed by atoms with Gasteiger partial charge in [-0.25, -0.2) is 13.2 Å². The normalized spacial score (nSPS) is 12.2. The number of carbonyl (C=O) groups is 3. The molecule has 0 fully saturated rings. The number of nitrogens with one attached hydrogen (secondary N) is 3. The average molecular weight is 496 g/mol. The van der Waals surface area contributed by atoms with Gasteiger partial charge in [-0.1, -0.05) is 43.1 Å². The summed E-state index contributed by atoms with van der Waals surface area (Å²) in [5.74, 6) is -2.29. The lowest BCUT2D eigenvalue weighted by atomic mass is 10.1. The number of amides is 3. The first-order chi connectivity index (χ1) is 15.4. The molecule has 0 spiro atoms. The van der Waals surface area contributed by atoms with E-state index >= 15 is 0 Å². The van der Waals surface area contributed by atoms with Crippen LogP contribution in [0, 0.1) is 19.8 Å². The van der Waals surface area contributed by atoms with Crippen molar-refractivity contribution in [2.24, 2.45) is 5.92 Å². The van der Waals surface area contributed by atoms with Gasteiger partial charge < -0.3 is 10.1 Å². The highest BCUT2D eigenvalue weighted by Crippen LogP contribution is 2.17. The molecule has 3 amide bonds. The van der Waals surface area contributed by atoms with Crippen molar-refractivity contribution in [3.8, 4) is 0 Å². The Balaban J connectivity index is 1.93. The Kier molecular flexibility index (Phi) is 8.98. The number of ether oxygens (including phenoxy) is 1. The van der Waals surface area contributed by atoms with E-state index in [4.69, 9.17) is 16.3 Å². The number of anilines is 1. The third-order valence-corrected chi connectivity index (χ3v) is 6.26. The molecule has 2 aromatic carbocycles. The van der Waals surface area contributed by atoms with Gasteiger partial charge in [0.05, 0.1) is 4.90 Å². The summed E-state index contributed by atoms with van der Waals surface area (Å²) in [5.41, 5.74) is 2.36. The lowest BCUT2D eigenvalue weighted by Crippen LogP contribution is -2.46. The van der Waals surface area contributed by atoms with Gasteiger partial charge in [-0.3, -0.25) is 14.9 Å². The maximum atomic E-state index is 12.6. The van der Waals surface area contributed by atoms with Crippen molar-refractivity contribution in [3.05, 3.63) is 58.6 Å². The number of sulfonamides is 1. The summed E-state index contributed by atoms with van der Waals surface area (Å²) in [6, 6.07) is 8.77. The van der Waals surface area contributed by atoms with E-state index in [1.54, 1.807) is 19.9 Å². The first-order valence-corrected chi connectivity index (χ1v) is 11.9. The number of rotatable bonds is 8. The topological polar surface area (TPSA) is 131 Å². The quantitative estimate of drug-likeness (QED) is 0.482. The third kappa shape index (κ3) is 7.85. The largest absolute Gasteiger partial charge is 0.454 e. The zero-order valence-corrected chi connectivity index (χ0v) is 20.2. The van der Waals surface area contributed by atoms with Crippen LogP contribution in [0.1, 0.15) is 25.0 Å². The lowest BCUT2D eigenvalue weighted by Gasteiger charge is -2.20. The maximum Gasteiger partial charge on any atom is 0.325 e. The van der Waals surface area contributed by atoms with Gasteiger partial charge in [0.2, 0.25) is 10.0 Å². The Morgan fingerprint density at radius 3 is 2.24 bits per heavy atom. The second-order valence-electron chi connectivity index (χ2n) is 7.73. The first-order valence-electron chi connectivity index (χ1n) is 10.0. The fourth-order valence-corrected chi connectivity index (χ4v) is 4.26. The lowest BCUT2D eigenvalue weighted by molar-refractivity contribution is -0.150. The Morgan fingerprint density at radius 2 is 1.67 bits per heavy atom. The highest BCUT2D eigenvalue weighted by Gasteiger charge is 2.30. The van der Waals surface area contributed by atoms with Crippen molar-refractivity contribution in [1.29, 1.82) is 0 Å². The van der Waals surface area contributed by atoms with E-state index in [0.717, 1.165) is 11.1 Å². The van der Waals surface area contributed by atoms with Gasteiger partial charge in [0, 0.05) is 10.7 Å². The number of halogens is 1. The number of urea groups is 1. The van der Waals surface area contributed by atoms with Gasteiger partial charge in [0.1, 0.15) is 6.04 Å². The molecule has 2 aromatic rings. The van der Waals surface area contributed by atoms with Gasteiger partial charge in [-0.2, -0.15) is 4.72 Å². The highest BCUT2D eigenvalue weighted by molar-refractivity contribution is 7.89. The van der Waals surface area contributed by atoms with Crippen LogP contribution in [0.2, 0.25) is 5.02 Å². The molecular weight excluding hydrogens is 470 g/mol. The van der Waals surface area contributed by atoms with Crippen LogP contribution < -0.4 is 15.4 Å². The summed E-state index contributed by atoms with van der Waals surface area (Å²) >= 11 is 5.78. The van der Waals surface area contributed by atoms with Crippen LogP contribution in [0.4, 0.5) is 10.5 Å². The summed E-state index contributed by atoms with van der Waals surface area (Å²) in [6.45, 7) is 6.20. The molecule has 0 aliphatic carbocycles. The molecule has 0 bridgehead atoms. The molecule has 0 aromatic heterocycles. The molecule has 33 heavy (non-hydrogen) atoms. The molecule has 0 saturated heterocycles. The fraction of sp³-hybridized carbons (Fsp3) is 0.318. The van der Waals surface area contributed by atoms with E-state index in [1.165, 1.54) is 24.3 Å². The molecule has 178 valence electrons. The molecule has 0 unspecified atom stereocenters. The van der Waals surface area contributed by atoms with E-state index in [-0.39, 0.29) is 4.90 Å². The van der Waals surface area contributed by atoms with Crippen molar-refractivity contribution in [2.45, 2.75) is 38.6 Å². The van der Waals surface area contributed by atoms with Crippen LogP contribution in [-0.4, -0.2) is 39.0 Å². The molecule has 1 atom stereocenters. The Bertz CT molecular complexity index is 1130. The zero-order valence-electron chi connectivity index (χ0n) is 18.6. The molecule has 11 heteroatoms. The molecule has 0 aliphatic heterocycles. The van der Waals surface area contributed by atoms with E-state index < -0.39 is 46.5 Å². The van der Waals surface area contributed by atoms with Crippen LogP contribution in [0.3, 0.4) is 0 Å². The SMILES string of the molecule is Cc1ccc(NC(=O)NC(=O)COC(=O)[C@@H](NS(=O)(=O)c2ccc(Cl)cc2)C(C)C)c(C)c1. The number of esters is 1. The van der Waals surface area contributed by atoms with Crippen LogP contribution in [0.15, 0.2) is 47.4 Å². The molecular formula is C22H26ClN3O6S. The molecule has 9 nitrogen and oxygen atoms in total. The van der Waals surface area contributed by atoms with Crippen LogP contribution in [-0.2, 0) is 24.3 Å². The molecule has 2 rings (SSSR count). The minimum absolute atomic E-state index is 0.0776. The summed E-state index contributed by atoms with van der Waals surface area (Å²) in [4.78, 5) is 36.4. The maximum absolute atomic E-state index is 12.6. The monoisotopic (exact) mass is 495 g/mol. The third-order valence-electron chi connectivity index (χ3n) is 4.56. The van der Waals surface area contributed by atoms with E-state index in [9.17, 15) is 22.8 Å². The van der Waals surface area contributed by atoms with Crippen molar-refractivity contribution >= 4 is 45.2 Å². The summed E-state index contributed by atoms with van der Waals surface area (Å²) in [6.07, 6.45) is 0. The molecule has 0 saturated carbocycles. The predicted molar refractivity (Wildman–Crippen MR) is 124 cm³/mol. The molecule has 0 aliphatic rings. The Morgan fingerprint density at radius 1 is 1.03 bits per heavy atom. The standard InChI is InChI=1S/C22H26ClN3O6S/c1-13(2)20(26-33(30,31)17-8-6-16(23)7-9-17)21(28)32-12-19(27)25-22(29)24-18-10-5-14(3)11-15(18)4/h5-11,13,20,26H,12H2,1-4H3,(H2,24,25,27,29)/t20-/m0/s1. The second kappa shape index (κ2) is 11.3. The fourth-order valence-electron chi connectivity index (χ4n) is 2.80. The van der Waals surface area contributed by atoms with Gasteiger partial charge in [-0.15, -0.1) is 0 Å². The van der Waals surface area contributed by atoms with Gasteiger partial charge in [0.15, 0.2) is 6.61 Å². The minimum Gasteiger partial charge on any atom is -0.454 e.